The number of aliphatic hydroxyl groups excluding tert-OH is 1. The molecule has 1 aliphatic carbocycles. The Morgan fingerprint density at radius 1 is 1.08 bits per heavy atom. The Morgan fingerprint density at radius 2 is 1.83 bits per heavy atom. The van der Waals surface area contributed by atoms with E-state index in [1.54, 1.807) is 60.2 Å². The molecule has 0 bridgehead atoms. The fourth-order valence-electron chi connectivity index (χ4n) is 4.68. The summed E-state index contributed by atoms with van der Waals surface area (Å²) in [5.41, 5.74) is 3.54. The van der Waals surface area contributed by atoms with Crippen molar-refractivity contribution in [1.82, 2.24) is 19.1 Å². The van der Waals surface area contributed by atoms with Crippen molar-refractivity contribution >= 4 is 21.5 Å². The molecular formula is C26H28FN5O3S. The predicted octanol–water partition coefficient (Wildman–Crippen LogP) is 4.13. The van der Waals surface area contributed by atoms with Crippen LogP contribution in [-0.4, -0.2) is 47.1 Å². The first-order valence-corrected chi connectivity index (χ1v) is 13.4. The molecule has 5 rings (SSSR count). The van der Waals surface area contributed by atoms with Crippen LogP contribution < -0.4 is 10.0 Å². The molecule has 0 atom stereocenters. The van der Waals surface area contributed by atoms with Gasteiger partial charge in [0.1, 0.15) is 5.82 Å². The van der Waals surface area contributed by atoms with Gasteiger partial charge in [-0.05, 0) is 62.4 Å². The fraction of sp³-hybridized carbons (Fsp3) is 0.308. The number of hydrogen-bond acceptors (Lipinski definition) is 6. The Morgan fingerprint density at radius 3 is 2.56 bits per heavy atom. The highest BCUT2D eigenvalue weighted by Crippen LogP contribution is 2.31. The third-order valence-electron chi connectivity index (χ3n) is 6.69. The molecule has 1 fully saturated rings. The highest BCUT2D eigenvalue weighted by atomic mass is 32.2. The van der Waals surface area contributed by atoms with Crippen molar-refractivity contribution in [3.63, 3.8) is 0 Å². The van der Waals surface area contributed by atoms with Gasteiger partial charge in [-0.15, -0.1) is 0 Å². The summed E-state index contributed by atoms with van der Waals surface area (Å²) in [7, 11) is -2.05. The van der Waals surface area contributed by atoms with Crippen molar-refractivity contribution in [2.45, 2.75) is 49.6 Å². The van der Waals surface area contributed by atoms with E-state index < -0.39 is 15.8 Å². The van der Waals surface area contributed by atoms with Crippen LogP contribution in [0.15, 0.2) is 59.8 Å². The van der Waals surface area contributed by atoms with E-state index >= 15 is 0 Å². The fourth-order valence-corrected chi connectivity index (χ4v) is 6.01. The zero-order valence-electron chi connectivity index (χ0n) is 20.1. The van der Waals surface area contributed by atoms with Gasteiger partial charge in [-0.3, -0.25) is 4.40 Å². The number of aliphatic hydroxyl groups is 1. The van der Waals surface area contributed by atoms with E-state index in [0.29, 0.717) is 59.7 Å². The monoisotopic (exact) mass is 509 g/mol. The average Bonchev–Trinajstić information content (AvgIpc) is 3.29. The second kappa shape index (κ2) is 9.61. The number of nitrogens with zero attached hydrogens (tertiary/aromatic N) is 3. The summed E-state index contributed by atoms with van der Waals surface area (Å²) in [4.78, 5) is 9.22. The minimum Gasteiger partial charge on any atom is -0.393 e. The van der Waals surface area contributed by atoms with Gasteiger partial charge in [-0.1, -0.05) is 18.2 Å². The minimum atomic E-state index is -3.77. The number of anilines is 1. The minimum absolute atomic E-state index is 0.154. The molecule has 0 radical (unpaired) electrons. The lowest BCUT2D eigenvalue weighted by molar-refractivity contribution is 0.120. The van der Waals surface area contributed by atoms with Crippen LogP contribution in [0, 0.1) is 12.7 Å². The Labute approximate surface area is 209 Å². The van der Waals surface area contributed by atoms with Gasteiger partial charge in [0.25, 0.3) is 0 Å². The summed E-state index contributed by atoms with van der Waals surface area (Å²) in [6.45, 7) is 1.90. The number of benzene rings is 2. The number of sulfonamides is 1. The SMILES string of the molecule is CNc1nc(-c2ccccc2F)cn2c(-c3cc(S(=O)(=O)NC4CCC(O)CC4)ccc3C)cnc12. The average molecular weight is 510 g/mol. The maximum absolute atomic E-state index is 14.5. The maximum Gasteiger partial charge on any atom is 0.240 e. The van der Waals surface area contributed by atoms with Gasteiger partial charge in [-0.2, -0.15) is 0 Å². The molecule has 0 saturated heterocycles. The highest BCUT2D eigenvalue weighted by molar-refractivity contribution is 7.89. The molecule has 2 aromatic carbocycles. The Balaban J connectivity index is 1.58. The second-order valence-corrected chi connectivity index (χ2v) is 10.9. The van der Waals surface area contributed by atoms with Crippen molar-refractivity contribution in [1.29, 1.82) is 0 Å². The van der Waals surface area contributed by atoms with Crippen molar-refractivity contribution in [3.05, 3.63) is 66.2 Å². The van der Waals surface area contributed by atoms with Crippen LogP contribution in [0.5, 0.6) is 0 Å². The van der Waals surface area contributed by atoms with Crippen LogP contribution in [0.3, 0.4) is 0 Å². The molecule has 2 aromatic heterocycles. The Hall–Kier alpha value is -3.34. The number of rotatable bonds is 6. The molecule has 1 saturated carbocycles. The quantitative estimate of drug-likeness (QED) is 0.361. The van der Waals surface area contributed by atoms with E-state index in [1.807, 2.05) is 6.92 Å². The van der Waals surface area contributed by atoms with Gasteiger partial charge in [0.15, 0.2) is 11.5 Å². The van der Waals surface area contributed by atoms with E-state index in [4.69, 9.17) is 0 Å². The lowest BCUT2D eigenvalue weighted by atomic mass is 9.94. The molecule has 10 heteroatoms. The molecule has 0 spiro atoms. The van der Waals surface area contributed by atoms with Gasteiger partial charge >= 0.3 is 0 Å². The van der Waals surface area contributed by atoms with E-state index in [9.17, 15) is 17.9 Å². The topological polar surface area (TPSA) is 109 Å². The van der Waals surface area contributed by atoms with Crippen LogP contribution in [0.25, 0.3) is 28.2 Å². The second-order valence-electron chi connectivity index (χ2n) is 9.15. The van der Waals surface area contributed by atoms with Crippen molar-refractivity contribution in [3.8, 4) is 22.5 Å². The van der Waals surface area contributed by atoms with Gasteiger partial charge < -0.3 is 10.4 Å². The summed E-state index contributed by atoms with van der Waals surface area (Å²) in [5.74, 6) is 0.0863. The molecular weight excluding hydrogens is 481 g/mol. The van der Waals surface area contributed by atoms with Crippen LogP contribution in [0.4, 0.5) is 10.2 Å². The molecule has 0 unspecified atom stereocenters. The lowest BCUT2D eigenvalue weighted by Gasteiger charge is -2.26. The van der Waals surface area contributed by atoms with Crippen LogP contribution in [0.2, 0.25) is 0 Å². The van der Waals surface area contributed by atoms with Gasteiger partial charge in [-0.25, -0.2) is 27.5 Å². The molecule has 0 aliphatic heterocycles. The third-order valence-corrected chi connectivity index (χ3v) is 8.21. The summed E-state index contributed by atoms with van der Waals surface area (Å²) in [6, 6.07) is 11.2. The van der Waals surface area contributed by atoms with Gasteiger partial charge in [0, 0.05) is 30.4 Å². The normalized spacial score (nSPS) is 18.4. The number of nitrogens with one attached hydrogen (secondary N) is 2. The summed E-state index contributed by atoms with van der Waals surface area (Å²) in [5, 5.41) is 12.8. The standard InChI is InChI=1S/C26H28FN5O3S/c1-16-7-12-19(36(34,35)31-17-8-10-18(33)11-9-17)13-21(16)24-14-29-26-25(28-2)30-23(15-32(24)26)20-5-3-4-6-22(20)27/h3-7,12-15,17-18,31,33H,8-11H2,1-2H3,(H,28,30). The third kappa shape index (κ3) is 4.59. The summed E-state index contributed by atoms with van der Waals surface area (Å²) >= 11 is 0. The first kappa shape index (κ1) is 24.4. The zero-order chi connectivity index (χ0) is 25.4. The molecule has 1 aliphatic rings. The number of halogens is 1. The molecule has 8 nitrogen and oxygen atoms in total. The molecule has 4 aromatic rings. The van der Waals surface area contributed by atoms with Gasteiger partial charge in [0.05, 0.1) is 28.6 Å². The zero-order valence-corrected chi connectivity index (χ0v) is 20.9. The molecule has 3 N–H and O–H groups in total. The number of imidazole rings is 1. The van der Waals surface area contributed by atoms with Crippen LogP contribution >= 0.6 is 0 Å². The Kier molecular flexibility index (Phi) is 6.50. The first-order chi connectivity index (χ1) is 17.3. The van der Waals surface area contributed by atoms with E-state index in [2.05, 4.69) is 20.0 Å². The van der Waals surface area contributed by atoms with E-state index in [1.165, 1.54) is 6.07 Å². The van der Waals surface area contributed by atoms with Crippen LogP contribution in [-0.2, 0) is 10.0 Å². The predicted molar refractivity (Wildman–Crippen MR) is 137 cm³/mol. The smallest absolute Gasteiger partial charge is 0.240 e. The number of aromatic nitrogens is 3. The maximum atomic E-state index is 14.5. The van der Waals surface area contributed by atoms with Crippen molar-refractivity contribution < 1.29 is 17.9 Å². The van der Waals surface area contributed by atoms with E-state index in [-0.39, 0.29) is 17.0 Å². The van der Waals surface area contributed by atoms with Crippen molar-refractivity contribution in [2.75, 3.05) is 12.4 Å². The highest BCUT2D eigenvalue weighted by Gasteiger charge is 2.26. The van der Waals surface area contributed by atoms with Crippen LogP contribution in [0.1, 0.15) is 31.2 Å². The summed E-state index contributed by atoms with van der Waals surface area (Å²) in [6.07, 6.45) is 5.38. The molecule has 0 amide bonds. The lowest BCUT2D eigenvalue weighted by Crippen LogP contribution is -2.38. The largest absolute Gasteiger partial charge is 0.393 e. The summed E-state index contributed by atoms with van der Waals surface area (Å²) < 4.78 is 45.5. The molecule has 36 heavy (non-hydrogen) atoms. The Bertz CT molecular complexity index is 1530. The number of fused-ring (bicyclic) bond motifs is 1. The van der Waals surface area contributed by atoms with Crippen molar-refractivity contribution in [2.24, 2.45) is 0 Å². The number of aryl methyl sites for hydroxylation is 1. The molecule has 2 heterocycles. The van der Waals surface area contributed by atoms with Gasteiger partial charge in [0.2, 0.25) is 10.0 Å². The first-order valence-electron chi connectivity index (χ1n) is 11.9. The van der Waals surface area contributed by atoms with E-state index in [0.717, 1.165) is 5.56 Å². The molecule has 188 valence electrons. The number of hydrogen-bond donors (Lipinski definition) is 3.